The molecule has 16 heteroatoms. The van der Waals surface area contributed by atoms with Crippen molar-refractivity contribution in [2.45, 2.75) is 141 Å². The second-order valence-corrected chi connectivity index (χ2v) is 21.7. The number of sulfonamides is 1. The van der Waals surface area contributed by atoms with E-state index in [9.17, 15) is 26.8 Å². The number of aromatic nitrogens is 2. The number of pyridine rings is 1. The Bertz CT molecular complexity index is 2570. The summed E-state index contributed by atoms with van der Waals surface area (Å²) in [7, 11) is -2.42. The summed E-state index contributed by atoms with van der Waals surface area (Å²) in [4.78, 5) is 53.7. The Morgan fingerprint density at radius 3 is 2.34 bits per heavy atom. The summed E-state index contributed by atoms with van der Waals surface area (Å²) >= 11 is 0. The lowest BCUT2D eigenvalue weighted by Crippen LogP contribution is -2.59. The van der Waals surface area contributed by atoms with Gasteiger partial charge in [0.15, 0.2) is 0 Å². The van der Waals surface area contributed by atoms with Crippen LogP contribution in [0.1, 0.15) is 117 Å². The molecule has 2 aromatic heterocycles. The van der Waals surface area contributed by atoms with Crippen molar-refractivity contribution < 1.29 is 41.1 Å². The maximum atomic E-state index is 15.1. The average molecular weight is 905 g/mol. The Morgan fingerprint density at radius 2 is 1.75 bits per heavy atom. The molecule has 5 unspecified atom stereocenters. The zero-order chi connectivity index (χ0) is 46.7. The first kappa shape index (κ1) is 46.7. The number of alkyl halides is 2. The van der Waals surface area contributed by atoms with Crippen LogP contribution in [0.5, 0.6) is 11.5 Å². The van der Waals surface area contributed by atoms with Crippen LogP contribution in [-0.4, -0.2) is 83.1 Å². The molecule has 5 atom stereocenters. The molecule has 4 N–H and O–H groups in total. The number of nitrogens with one attached hydrogen (secondary N) is 4. The Labute approximate surface area is 374 Å². The van der Waals surface area contributed by atoms with Crippen LogP contribution in [0.2, 0.25) is 0 Å². The van der Waals surface area contributed by atoms with Gasteiger partial charge in [-0.2, -0.15) is 0 Å². The van der Waals surface area contributed by atoms with Gasteiger partial charge in [-0.25, -0.2) is 22.2 Å². The Hall–Kier alpha value is -5.25. The second-order valence-electron chi connectivity index (χ2n) is 19.5. The zero-order valence-corrected chi connectivity index (χ0v) is 39.3. The number of anilines is 1. The highest BCUT2D eigenvalue weighted by molar-refractivity contribution is 7.91. The highest BCUT2D eigenvalue weighted by Crippen LogP contribution is 2.48. The van der Waals surface area contributed by atoms with Crippen molar-refractivity contribution in [2.24, 2.45) is 11.3 Å². The number of likely N-dealkylation sites (tertiary alicyclic amines) is 1. The monoisotopic (exact) mass is 904 g/mol. The van der Waals surface area contributed by atoms with Crippen LogP contribution >= 0.6 is 0 Å². The summed E-state index contributed by atoms with van der Waals surface area (Å²) < 4.78 is 69.9. The van der Waals surface area contributed by atoms with Crippen LogP contribution in [-0.2, 0) is 30.3 Å². The third-order valence-electron chi connectivity index (χ3n) is 13.4. The number of amides is 3. The van der Waals surface area contributed by atoms with Gasteiger partial charge in [-0.1, -0.05) is 67.0 Å². The van der Waals surface area contributed by atoms with Crippen LogP contribution < -0.4 is 24.8 Å². The fourth-order valence-electron chi connectivity index (χ4n) is 8.70. The maximum absolute atomic E-state index is 15.1. The fourth-order valence-corrected chi connectivity index (χ4v) is 10.0. The molecule has 0 spiro atoms. The van der Waals surface area contributed by atoms with Crippen molar-refractivity contribution in [1.82, 2.24) is 24.9 Å². The van der Waals surface area contributed by atoms with Gasteiger partial charge in [0.25, 0.3) is 11.8 Å². The lowest BCUT2D eigenvalue weighted by atomic mass is 9.85. The second kappa shape index (κ2) is 17.0. The van der Waals surface area contributed by atoms with E-state index in [2.05, 4.69) is 34.2 Å². The zero-order valence-electron chi connectivity index (χ0n) is 38.4. The predicted octanol–water partition coefficient (Wildman–Crippen LogP) is 8.33. The number of hydrogen-bond acceptors (Lipinski definition) is 9. The normalized spacial score (nSPS) is 22.3. The number of aryl methyl sites for hydroxylation is 1. The molecular weight excluding hydrogens is 843 g/mol. The first-order chi connectivity index (χ1) is 30.0. The summed E-state index contributed by atoms with van der Waals surface area (Å²) in [6, 6.07) is 13.1. The third kappa shape index (κ3) is 8.90. The smallest absolute Gasteiger partial charge is 0.273 e. The molecule has 3 aliphatic rings. The topological polar surface area (TPSA) is 172 Å². The van der Waals surface area contributed by atoms with E-state index in [1.165, 1.54) is 30.0 Å². The van der Waals surface area contributed by atoms with Crippen LogP contribution in [0.25, 0.3) is 22.3 Å². The largest absolute Gasteiger partial charge is 0.496 e. The van der Waals surface area contributed by atoms with Gasteiger partial charge in [-0.05, 0) is 86.8 Å². The molecule has 3 heterocycles. The first-order valence-electron chi connectivity index (χ1n) is 22.3. The van der Waals surface area contributed by atoms with E-state index >= 15 is 4.79 Å². The van der Waals surface area contributed by atoms with Crippen molar-refractivity contribution in [3.63, 3.8) is 0 Å². The number of H-pyrrole nitrogens is 1. The number of halogens is 2. The SMILES string of the molecule is CCC1CC1(NC(=O)C1CC(Oc2cc(-c3ccc(C(C)C)[nH]3)nc3c(C)c(OC)ccc23)CN1C(=O)C(Nc1cccc(C(F)(F)CC)c1)C(C)(C)C)C(=O)NS(=O)(=O)C1(C)CC1. The van der Waals surface area contributed by atoms with Crippen LogP contribution in [0.4, 0.5) is 14.5 Å². The van der Waals surface area contributed by atoms with Gasteiger partial charge in [0.1, 0.15) is 35.2 Å². The van der Waals surface area contributed by atoms with Gasteiger partial charge in [0, 0.05) is 46.8 Å². The summed E-state index contributed by atoms with van der Waals surface area (Å²) in [5.41, 5.74) is 1.67. The number of fused-ring (bicyclic) bond motifs is 1. The predicted molar refractivity (Wildman–Crippen MR) is 243 cm³/mol. The highest BCUT2D eigenvalue weighted by atomic mass is 32.2. The highest BCUT2D eigenvalue weighted by Gasteiger charge is 2.63. The lowest BCUT2D eigenvalue weighted by Gasteiger charge is -2.36. The molecule has 7 rings (SSSR count). The molecule has 0 bridgehead atoms. The van der Waals surface area contributed by atoms with Gasteiger partial charge in [-0.15, -0.1) is 0 Å². The summed E-state index contributed by atoms with van der Waals surface area (Å²) in [5, 5.41) is 6.84. The Morgan fingerprint density at radius 1 is 1.03 bits per heavy atom. The summed E-state index contributed by atoms with van der Waals surface area (Å²) in [5.74, 6) is -3.99. The van der Waals surface area contributed by atoms with E-state index in [1.54, 1.807) is 20.1 Å². The minimum Gasteiger partial charge on any atom is -0.496 e. The molecule has 2 saturated carbocycles. The van der Waals surface area contributed by atoms with E-state index in [-0.39, 0.29) is 36.8 Å². The van der Waals surface area contributed by atoms with Crippen molar-refractivity contribution >= 4 is 44.3 Å². The van der Waals surface area contributed by atoms with E-state index in [1.807, 2.05) is 65.0 Å². The van der Waals surface area contributed by atoms with Crippen molar-refractivity contribution in [2.75, 3.05) is 19.0 Å². The molecule has 2 aliphatic carbocycles. The quantitative estimate of drug-likeness (QED) is 0.0863. The van der Waals surface area contributed by atoms with E-state index < -0.39 is 74.0 Å². The number of hydrogen-bond donors (Lipinski definition) is 4. The average Bonchev–Trinajstić information content (AvgIpc) is 4.03. The van der Waals surface area contributed by atoms with Crippen molar-refractivity contribution in [3.05, 3.63) is 71.4 Å². The Kier molecular flexibility index (Phi) is 12.4. The standard InChI is InChI=1S/C48H62F2N6O7S/c1-11-29-25-47(29,44(59)55-64(60,61)46(9)20-21-46)54-42(57)37-23-32(26-56(37)43(58)41(45(6,7)8)51-31-15-13-14-30(22-31)48(49,50)12-2)63-39-24-36(35-18-17-34(52-35)27(3)4)53-40-28(5)38(62-10)19-16-33(39)40/h13-19,22,24,27,29,32,37,41,51-52H,11-12,20-21,23,25-26H2,1-10H3,(H,54,57)(H,55,59). The summed E-state index contributed by atoms with van der Waals surface area (Å²) in [6.07, 6.45) is 0.440. The van der Waals surface area contributed by atoms with E-state index in [0.29, 0.717) is 53.0 Å². The molecule has 64 heavy (non-hydrogen) atoms. The minimum absolute atomic E-state index is 0.0196. The van der Waals surface area contributed by atoms with Crippen LogP contribution in [0.15, 0.2) is 54.6 Å². The number of ether oxygens (including phenoxy) is 2. The number of rotatable bonds is 16. The number of carbonyl (C=O) groups is 3. The molecule has 1 aliphatic heterocycles. The third-order valence-corrected chi connectivity index (χ3v) is 15.6. The number of carbonyl (C=O) groups excluding carboxylic acids is 3. The fraction of sp³-hybridized carbons (Fsp3) is 0.542. The number of benzene rings is 2. The molecule has 3 fully saturated rings. The lowest BCUT2D eigenvalue weighted by molar-refractivity contribution is -0.141. The van der Waals surface area contributed by atoms with Crippen LogP contribution in [0, 0.1) is 18.3 Å². The first-order valence-corrected chi connectivity index (χ1v) is 23.7. The number of methoxy groups -OCH3 is 1. The molecule has 346 valence electrons. The van der Waals surface area contributed by atoms with Gasteiger partial charge in [0.05, 0.1) is 35.3 Å². The molecule has 2 aromatic carbocycles. The van der Waals surface area contributed by atoms with E-state index in [4.69, 9.17) is 14.5 Å². The molecule has 1 saturated heterocycles. The minimum atomic E-state index is -4.01. The Balaban J connectivity index is 1.26. The molecular formula is C48H62F2N6O7S. The molecule has 0 radical (unpaired) electrons. The molecule has 4 aromatic rings. The maximum Gasteiger partial charge on any atom is 0.273 e. The van der Waals surface area contributed by atoms with Crippen molar-refractivity contribution in [3.8, 4) is 22.9 Å². The molecule has 13 nitrogen and oxygen atoms in total. The molecule has 3 amide bonds. The van der Waals surface area contributed by atoms with Gasteiger partial charge in [0.2, 0.25) is 21.8 Å². The van der Waals surface area contributed by atoms with Crippen LogP contribution in [0.3, 0.4) is 0 Å². The van der Waals surface area contributed by atoms with Gasteiger partial charge in [-0.3, -0.25) is 19.1 Å². The van der Waals surface area contributed by atoms with E-state index in [0.717, 1.165) is 17.0 Å². The van der Waals surface area contributed by atoms with Crippen molar-refractivity contribution in [1.29, 1.82) is 0 Å². The summed E-state index contributed by atoms with van der Waals surface area (Å²) in [6.45, 7) is 16.4. The number of nitrogens with zero attached hydrogens (tertiary/aromatic N) is 2. The van der Waals surface area contributed by atoms with Gasteiger partial charge >= 0.3 is 0 Å². The number of aromatic amines is 1. The van der Waals surface area contributed by atoms with Gasteiger partial charge < -0.3 is 30.0 Å².